The average Bonchev–Trinajstić information content (AvgIpc) is 2.95. The van der Waals surface area contributed by atoms with Crippen molar-refractivity contribution in [1.29, 1.82) is 0 Å². The summed E-state index contributed by atoms with van der Waals surface area (Å²) in [4.78, 5) is 31.0. The lowest BCUT2D eigenvalue weighted by Gasteiger charge is -2.24. The normalized spacial score (nSPS) is 20.7. The first-order chi connectivity index (χ1) is 11.5. The molecule has 0 aliphatic carbocycles. The Balaban J connectivity index is 1.82. The number of carbonyl (C=O) groups is 2. The number of carbonyl (C=O) groups excluding carboxylic acids is 1. The summed E-state index contributed by atoms with van der Waals surface area (Å²) in [5, 5.41) is 20.8. The van der Waals surface area contributed by atoms with Crippen LogP contribution < -0.4 is 0 Å². The van der Waals surface area contributed by atoms with Gasteiger partial charge in [-0.25, -0.2) is 0 Å². The highest BCUT2D eigenvalue weighted by atomic mass is 16.4. The summed E-state index contributed by atoms with van der Waals surface area (Å²) in [5.74, 6) is -1.22. The molecule has 0 radical (unpaired) electrons. The van der Waals surface area contributed by atoms with Crippen LogP contribution in [-0.4, -0.2) is 75.7 Å². The highest BCUT2D eigenvalue weighted by molar-refractivity contribution is 6.05. The molecule has 0 spiro atoms. The summed E-state index contributed by atoms with van der Waals surface area (Å²) in [6, 6.07) is 8.94. The Bertz CT molecular complexity index is 774. The number of nitrogens with zero attached hydrogens (tertiary/aromatic N) is 3. The molecule has 1 aliphatic rings. The topological polar surface area (TPSA) is 94.0 Å². The van der Waals surface area contributed by atoms with E-state index in [-0.39, 0.29) is 25.5 Å². The largest absolute Gasteiger partial charge is 0.480 e. The van der Waals surface area contributed by atoms with Gasteiger partial charge in [0, 0.05) is 24.7 Å². The number of fused-ring (bicyclic) bond motifs is 1. The van der Waals surface area contributed by atoms with Gasteiger partial charge in [0.15, 0.2) is 0 Å². The number of aromatic nitrogens is 1. The van der Waals surface area contributed by atoms with Gasteiger partial charge in [0.1, 0.15) is 5.69 Å². The molecule has 1 fully saturated rings. The minimum atomic E-state index is -0.967. The van der Waals surface area contributed by atoms with Crippen molar-refractivity contribution < 1.29 is 19.8 Å². The van der Waals surface area contributed by atoms with Crippen LogP contribution in [0.5, 0.6) is 0 Å². The van der Waals surface area contributed by atoms with E-state index in [2.05, 4.69) is 4.98 Å². The van der Waals surface area contributed by atoms with Gasteiger partial charge in [-0.05, 0) is 18.5 Å². The van der Waals surface area contributed by atoms with Crippen molar-refractivity contribution >= 4 is 22.6 Å². The number of aliphatic hydroxyl groups is 1. The van der Waals surface area contributed by atoms with E-state index < -0.39 is 18.1 Å². The molecule has 2 aromatic rings. The average molecular weight is 329 g/mol. The maximum Gasteiger partial charge on any atom is 0.317 e. The zero-order valence-corrected chi connectivity index (χ0v) is 13.3. The SMILES string of the molecule is CN(CC(=O)O)[C@H]1CN(C(=O)c2nccc3ccccc23)C[C@H]1O. The molecule has 1 aliphatic heterocycles. The van der Waals surface area contributed by atoms with E-state index >= 15 is 0 Å². The van der Waals surface area contributed by atoms with Crippen LogP contribution in [0.15, 0.2) is 36.5 Å². The molecule has 1 saturated heterocycles. The smallest absolute Gasteiger partial charge is 0.317 e. The number of aliphatic hydroxyl groups excluding tert-OH is 1. The number of likely N-dealkylation sites (tertiary alicyclic amines) is 1. The van der Waals surface area contributed by atoms with Crippen LogP contribution in [-0.2, 0) is 4.79 Å². The van der Waals surface area contributed by atoms with Crippen molar-refractivity contribution in [2.45, 2.75) is 12.1 Å². The third-order valence-electron chi connectivity index (χ3n) is 4.37. The number of aliphatic carboxylic acids is 1. The van der Waals surface area contributed by atoms with E-state index in [0.717, 1.165) is 10.8 Å². The highest BCUT2D eigenvalue weighted by Gasteiger charge is 2.37. The maximum atomic E-state index is 12.8. The minimum absolute atomic E-state index is 0.165. The van der Waals surface area contributed by atoms with E-state index in [1.54, 1.807) is 18.1 Å². The van der Waals surface area contributed by atoms with Crippen molar-refractivity contribution in [1.82, 2.24) is 14.8 Å². The molecule has 1 aromatic carbocycles. The molecular formula is C17H19N3O4. The van der Waals surface area contributed by atoms with Gasteiger partial charge in [-0.2, -0.15) is 0 Å². The van der Waals surface area contributed by atoms with Gasteiger partial charge in [0.2, 0.25) is 0 Å². The second-order valence-electron chi connectivity index (χ2n) is 6.03. The van der Waals surface area contributed by atoms with Gasteiger partial charge in [0.25, 0.3) is 5.91 Å². The summed E-state index contributed by atoms with van der Waals surface area (Å²) in [7, 11) is 1.63. The molecule has 24 heavy (non-hydrogen) atoms. The number of amides is 1. The van der Waals surface area contributed by atoms with Crippen LogP contribution in [0.3, 0.4) is 0 Å². The Morgan fingerprint density at radius 3 is 2.79 bits per heavy atom. The summed E-state index contributed by atoms with van der Waals surface area (Å²) in [6.07, 6.45) is 0.809. The van der Waals surface area contributed by atoms with Gasteiger partial charge in [-0.1, -0.05) is 24.3 Å². The molecule has 0 unspecified atom stereocenters. The van der Waals surface area contributed by atoms with Crippen LogP contribution in [0, 0.1) is 0 Å². The van der Waals surface area contributed by atoms with Crippen LogP contribution in [0.1, 0.15) is 10.5 Å². The molecule has 1 aromatic heterocycles. The second-order valence-corrected chi connectivity index (χ2v) is 6.03. The summed E-state index contributed by atoms with van der Waals surface area (Å²) < 4.78 is 0. The van der Waals surface area contributed by atoms with E-state index in [0.29, 0.717) is 5.69 Å². The highest BCUT2D eigenvalue weighted by Crippen LogP contribution is 2.21. The molecule has 126 valence electrons. The Morgan fingerprint density at radius 1 is 1.29 bits per heavy atom. The summed E-state index contributed by atoms with van der Waals surface area (Å²) in [5.41, 5.74) is 0.349. The molecule has 2 atom stereocenters. The number of carboxylic acids is 1. The third kappa shape index (κ3) is 3.08. The Morgan fingerprint density at radius 2 is 2.04 bits per heavy atom. The molecule has 2 N–H and O–H groups in total. The molecule has 3 rings (SSSR count). The molecule has 0 bridgehead atoms. The standard InChI is InChI=1S/C17H19N3O4/c1-19(10-15(22)23)13-8-20(9-14(13)21)17(24)16-12-5-3-2-4-11(12)6-7-18-16/h2-7,13-14,21H,8-10H2,1H3,(H,22,23)/t13-,14+/m0/s1. The van der Waals surface area contributed by atoms with Crippen molar-refractivity contribution in [2.24, 2.45) is 0 Å². The lowest BCUT2D eigenvalue weighted by molar-refractivity contribution is -0.138. The first-order valence-electron chi connectivity index (χ1n) is 7.70. The molecule has 2 heterocycles. The fourth-order valence-corrected chi connectivity index (χ4v) is 3.14. The first kappa shape index (κ1) is 16.4. The van der Waals surface area contributed by atoms with E-state index in [9.17, 15) is 14.7 Å². The molecule has 1 amide bonds. The van der Waals surface area contributed by atoms with Crippen molar-refractivity contribution in [2.75, 3.05) is 26.7 Å². The predicted octanol–water partition coefficient (Wildman–Crippen LogP) is 0.436. The zero-order chi connectivity index (χ0) is 17.3. The summed E-state index contributed by atoms with van der Waals surface area (Å²) >= 11 is 0. The number of benzene rings is 1. The Kier molecular flexibility index (Phi) is 4.46. The molecule has 0 saturated carbocycles. The number of pyridine rings is 1. The predicted molar refractivity (Wildman–Crippen MR) is 87.7 cm³/mol. The number of likely N-dealkylation sites (N-methyl/N-ethyl adjacent to an activating group) is 1. The quantitative estimate of drug-likeness (QED) is 0.845. The van der Waals surface area contributed by atoms with E-state index in [4.69, 9.17) is 5.11 Å². The van der Waals surface area contributed by atoms with Crippen LogP contribution in [0.25, 0.3) is 10.8 Å². The van der Waals surface area contributed by atoms with Gasteiger partial charge in [-0.15, -0.1) is 0 Å². The van der Waals surface area contributed by atoms with Crippen molar-refractivity contribution in [3.05, 3.63) is 42.2 Å². The summed E-state index contributed by atoms with van der Waals surface area (Å²) in [6.45, 7) is 0.253. The van der Waals surface area contributed by atoms with Crippen LogP contribution in [0.4, 0.5) is 0 Å². The van der Waals surface area contributed by atoms with Crippen molar-refractivity contribution in [3.63, 3.8) is 0 Å². The number of rotatable bonds is 4. The van der Waals surface area contributed by atoms with Crippen LogP contribution >= 0.6 is 0 Å². The van der Waals surface area contributed by atoms with Gasteiger partial charge < -0.3 is 15.1 Å². The van der Waals surface area contributed by atoms with E-state index in [1.807, 2.05) is 30.3 Å². The first-order valence-corrected chi connectivity index (χ1v) is 7.70. The second kappa shape index (κ2) is 6.54. The van der Waals surface area contributed by atoms with Crippen LogP contribution in [0.2, 0.25) is 0 Å². The fraction of sp³-hybridized carbons (Fsp3) is 0.353. The number of β-amino-alcohol motifs (C(OH)–C–C–N with tert-alkyl or cyclic N) is 1. The Hall–Kier alpha value is -2.51. The van der Waals surface area contributed by atoms with Gasteiger partial charge in [-0.3, -0.25) is 19.5 Å². The fourth-order valence-electron chi connectivity index (χ4n) is 3.14. The monoisotopic (exact) mass is 329 g/mol. The third-order valence-corrected chi connectivity index (χ3v) is 4.37. The zero-order valence-electron chi connectivity index (χ0n) is 13.3. The van der Waals surface area contributed by atoms with Gasteiger partial charge in [0.05, 0.1) is 18.7 Å². The molecule has 7 heteroatoms. The number of hydrogen-bond donors (Lipinski definition) is 2. The molecular weight excluding hydrogens is 310 g/mol. The lowest BCUT2D eigenvalue weighted by Crippen LogP contribution is -2.43. The number of carboxylic acid groups (broad SMARTS) is 1. The number of hydrogen-bond acceptors (Lipinski definition) is 5. The van der Waals surface area contributed by atoms with Crippen molar-refractivity contribution in [3.8, 4) is 0 Å². The molecule has 7 nitrogen and oxygen atoms in total. The minimum Gasteiger partial charge on any atom is -0.480 e. The maximum absolute atomic E-state index is 12.8. The Labute approximate surface area is 139 Å². The van der Waals surface area contributed by atoms with Gasteiger partial charge >= 0.3 is 5.97 Å². The lowest BCUT2D eigenvalue weighted by atomic mass is 10.1. The van der Waals surface area contributed by atoms with E-state index in [1.165, 1.54) is 4.90 Å².